The molecule has 0 aliphatic heterocycles. The van der Waals surface area contributed by atoms with Crippen LogP contribution in [0.2, 0.25) is 0 Å². The van der Waals surface area contributed by atoms with E-state index >= 15 is 0 Å². The number of aromatic nitrogens is 2. The molecule has 2 rings (SSSR count). The predicted molar refractivity (Wildman–Crippen MR) is 73.3 cm³/mol. The highest BCUT2D eigenvalue weighted by Gasteiger charge is 2.00. The summed E-state index contributed by atoms with van der Waals surface area (Å²) in [6, 6.07) is 8.22. The second kappa shape index (κ2) is 4.83. The Balaban J connectivity index is 2.39. The second-order valence-corrected chi connectivity index (χ2v) is 4.06. The molecule has 0 bridgehead atoms. The number of hydrogen-bond donors (Lipinski definition) is 0. The molecule has 0 N–H and O–H groups in total. The molecule has 2 aromatic rings. The van der Waals surface area contributed by atoms with E-state index in [-0.39, 0.29) is 0 Å². The summed E-state index contributed by atoms with van der Waals surface area (Å²) >= 11 is 0. The molecule has 86 valence electrons. The van der Waals surface area contributed by atoms with E-state index in [0.29, 0.717) is 0 Å². The quantitative estimate of drug-likeness (QED) is 0.778. The Bertz CT molecular complexity index is 562. The normalized spacial score (nSPS) is 11.5. The molecule has 1 aromatic carbocycles. The number of rotatable bonds is 3. The SMILES string of the molecule is C=Cc1ccccc1/C=C(\C)c1cnn(C)c1. The van der Waals surface area contributed by atoms with Gasteiger partial charge in [0.15, 0.2) is 0 Å². The fourth-order valence-electron chi connectivity index (χ4n) is 1.77. The molecule has 0 spiro atoms. The van der Waals surface area contributed by atoms with Gasteiger partial charge < -0.3 is 0 Å². The lowest BCUT2D eigenvalue weighted by molar-refractivity contribution is 0.767. The van der Waals surface area contributed by atoms with Gasteiger partial charge in [-0.1, -0.05) is 43.0 Å². The molecule has 0 aliphatic carbocycles. The summed E-state index contributed by atoms with van der Waals surface area (Å²) in [5.74, 6) is 0. The van der Waals surface area contributed by atoms with E-state index in [1.54, 1.807) is 0 Å². The maximum absolute atomic E-state index is 4.18. The number of benzene rings is 1. The Hall–Kier alpha value is -2.09. The van der Waals surface area contributed by atoms with Gasteiger partial charge >= 0.3 is 0 Å². The Morgan fingerprint density at radius 3 is 2.59 bits per heavy atom. The van der Waals surface area contributed by atoms with Crippen LogP contribution in [0.5, 0.6) is 0 Å². The summed E-state index contributed by atoms with van der Waals surface area (Å²) in [5, 5.41) is 4.18. The van der Waals surface area contributed by atoms with Crippen LogP contribution in [0, 0.1) is 0 Å². The Labute approximate surface area is 102 Å². The number of allylic oxidation sites excluding steroid dienone is 1. The van der Waals surface area contributed by atoms with Crippen LogP contribution in [0.25, 0.3) is 17.7 Å². The highest BCUT2D eigenvalue weighted by Crippen LogP contribution is 2.19. The van der Waals surface area contributed by atoms with Gasteiger partial charge in [0, 0.05) is 18.8 Å². The molecular formula is C15H16N2. The molecule has 1 heterocycles. The first kappa shape index (κ1) is 11.4. The van der Waals surface area contributed by atoms with Crippen molar-refractivity contribution in [1.29, 1.82) is 0 Å². The van der Waals surface area contributed by atoms with Gasteiger partial charge in [0.1, 0.15) is 0 Å². The molecule has 2 heteroatoms. The minimum absolute atomic E-state index is 1.14. The van der Waals surface area contributed by atoms with Crippen molar-refractivity contribution in [1.82, 2.24) is 9.78 Å². The minimum atomic E-state index is 1.14. The van der Waals surface area contributed by atoms with Gasteiger partial charge in [0.25, 0.3) is 0 Å². The molecule has 0 aliphatic rings. The van der Waals surface area contributed by atoms with Gasteiger partial charge in [0.2, 0.25) is 0 Å². The first-order chi connectivity index (χ1) is 8.20. The smallest absolute Gasteiger partial charge is 0.0564 e. The van der Waals surface area contributed by atoms with E-state index in [1.165, 1.54) is 11.1 Å². The zero-order valence-electron chi connectivity index (χ0n) is 10.2. The Morgan fingerprint density at radius 1 is 1.29 bits per heavy atom. The fourth-order valence-corrected chi connectivity index (χ4v) is 1.77. The van der Waals surface area contributed by atoms with Crippen molar-refractivity contribution in [2.45, 2.75) is 6.92 Å². The van der Waals surface area contributed by atoms with Crippen LogP contribution < -0.4 is 0 Å². The fraction of sp³-hybridized carbons (Fsp3) is 0.133. The molecule has 0 unspecified atom stereocenters. The van der Waals surface area contributed by atoms with Crippen LogP contribution in [0.4, 0.5) is 0 Å². The lowest BCUT2D eigenvalue weighted by Gasteiger charge is -2.02. The topological polar surface area (TPSA) is 17.8 Å². The van der Waals surface area contributed by atoms with Crippen molar-refractivity contribution >= 4 is 17.7 Å². The summed E-state index contributed by atoms with van der Waals surface area (Å²) in [5.41, 5.74) is 4.68. The van der Waals surface area contributed by atoms with Crippen molar-refractivity contribution < 1.29 is 0 Å². The van der Waals surface area contributed by atoms with Gasteiger partial charge in [-0.05, 0) is 23.6 Å². The molecular weight excluding hydrogens is 208 g/mol. The molecule has 0 amide bonds. The highest BCUT2D eigenvalue weighted by molar-refractivity contribution is 5.82. The number of nitrogens with zero attached hydrogens (tertiary/aromatic N) is 2. The van der Waals surface area contributed by atoms with Gasteiger partial charge in [-0.2, -0.15) is 5.10 Å². The third-order valence-corrected chi connectivity index (χ3v) is 2.75. The van der Waals surface area contributed by atoms with Crippen LogP contribution >= 0.6 is 0 Å². The maximum atomic E-state index is 4.18. The summed E-state index contributed by atoms with van der Waals surface area (Å²) in [6.07, 6.45) is 7.93. The van der Waals surface area contributed by atoms with E-state index in [1.807, 2.05) is 42.3 Å². The minimum Gasteiger partial charge on any atom is -0.275 e. The lowest BCUT2D eigenvalue weighted by atomic mass is 10.0. The largest absolute Gasteiger partial charge is 0.275 e. The predicted octanol–water partition coefficient (Wildman–Crippen LogP) is 3.62. The van der Waals surface area contributed by atoms with E-state index in [4.69, 9.17) is 0 Å². The highest BCUT2D eigenvalue weighted by atomic mass is 15.2. The average Bonchev–Trinajstić information content (AvgIpc) is 2.77. The van der Waals surface area contributed by atoms with Crippen molar-refractivity contribution in [3.05, 3.63) is 59.9 Å². The van der Waals surface area contributed by atoms with Crippen molar-refractivity contribution in [3.63, 3.8) is 0 Å². The van der Waals surface area contributed by atoms with Crippen molar-refractivity contribution in [3.8, 4) is 0 Å². The second-order valence-electron chi connectivity index (χ2n) is 4.06. The first-order valence-electron chi connectivity index (χ1n) is 5.59. The van der Waals surface area contributed by atoms with Gasteiger partial charge in [-0.25, -0.2) is 0 Å². The van der Waals surface area contributed by atoms with E-state index in [0.717, 1.165) is 11.1 Å². The maximum Gasteiger partial charge on any atom is 0.0564 e. The van der Waals surface area contributed by atoms with Crippen molar-refractivity contribution in [2.75, 3.05) is 0 Å². The molecule has 2 nitrogen and oxygen atoms in total. The van der Waals surface area contributed by atoms with Crippen molar-refractivity contribution in [2.24, 2.45) is 7.05 Å². The Morgan fingerprint density at radius 2 is 2.00 bits per heavy atom. The molecule has 0 radical (unpaired) electrons. The first-order valence-corrected chi connectivity index (χ1v) is 5.59. The van der Waals surface area contributed by atoms with Gasteiger partial charge in [-0.15, -0.1) is 0 Å². The van der Waals surface area contributed by atoms with E-state index in [2.05, 4.69) is 36.8 Å². The van der Waals surface area contributed by atoms with E-state index in [9.17, 15) is 0 Å². The molecule has 0 saturated heterocycles. The van der Waals surface area contributed by atoms with E-state index < -0.39 is 0 Å². The summed E-state index contributed by atoms with van der Waals surface area (Å²) < 4.78 is 1.81. The Kier molecular flexibility index (Phi) is 3.24. The molecule has 17 heavy (non-hydrogen) atoms. The van der Waals surface area contributed by atoms with Gasteiger partial charge in [-0.3, -0.25) is 4.68 Å². The third kappa shape index (κ3) is 2.53. The molecule has 0 saturated carbocycles. The zero-order chi connectivity index (χ0) is 12.3. The summed E-state index contributed by atoms with van der Waals surface area (Å²) in [6.45, 7) is 5.92. The summed E-state index contributed by atoms with van der Waals surface area (Å²) in [4.78, 5) is 0. The molecule has 0 atom stereocenters. The van der Waals surface area contributed by atoms with Crippen LogP contribution in [0.15, 0.2) is 43.2 Å². The third-order valence-electron chi connectivity index (χ3n) is 2.75. The van der Waals surface area contributed by atoms with Crippen LogP contribution in [-0.2, 0) is 7.05 Å². The summed E-state index contributed by atoms with van der Waals surface area (Å²) in [7, 11) is 1.93. The number of aryl methyl sites for hydroxylation is 1. The van der Waals surface area contributed by atoms with Crippen LogP contribution in [0.1, 0.15) is 23.6 Å². The standard InChI is InChI=1S/C15H16N2/c1-4-13-7-5-6-8-14(13)9-12(2)15-10-16-17(3)11-15/h4-11H,1H2,2-3H3/b12-9+. The lowest BCUT2D eigenvalue weighted by Crippen LogP contribution is -1.84. The zero-order valence-corrected chi connectivity index (χ0v) is 10.2. The van der Waals surface area contributed by atoms with Crippen LogP contribution in [0.3, 0.4) is 0 Å². The average molecular weight is 224 g/mol. The number of hydrogen-bond acceptors (Lipinski definition) is 1. The molecule has 0 fully saturated rings. The monoisotopic (exact) mass is 224 g/mol. The van der Waals surface area contributed by atoms with Gasteiger partial charge in [0.05, 0.1) is 6.20 Å². The van der Waals surface area contributed by atoms with Crippen LogP contribution in [-0.4, -0.2) is 9.78 Å². The molecule has 1 aromatic heterocycles.